The highest BCUT2D eigenvalue weighted by molar-refractivity contribution is 6.35. The molecule has 2 N–H and O–H groups in total. The van der Waals surface area contributed by atoms with Crippen LogP contribution in [0.25, 0.3) is 0 Å². The summed E-state index contributed by atoms with van der Waals surface area (Å²) >= 11 is 0. The molecule has 3 rings (SSSR count). The van der Waals surface area contributed by atoms with Gasteiger partial charge in [0, 0.05) is 46.0 Å². The average molecular weight is 407 g/mol. The Hall–Kier alpha value is -3.12. The van der Waals surface area contributed by atoms with Gasteiger partial charge in [0.05, 0.1) is 6.04 Å². The lowest BCUT2D eigenvalue weighted by Crippen LogP contribution is -2.45. The van der Waals surface area contributed by atoms with E-state index in [9.17, 15) is 9.59 Å². The Labute approximate surface area is 178 Å². The predicted octanol–water partition coefficient (Wildman–Crippen LogP) is 2.27. The van der Waals surface area contributed by atoms with Gasteiger partial charge in [0.2, 0.25) is 0 Å². The lowest BCUT2D eigenvalue weighted by molar-refractivity contribution is -0.139. The predicted molar refractivity (Wildman–Crippen MR) is 120 cm³/mol. The van der Waals surface area contributed by atoms with Crippen LogP contribution < -0.4 is 15.5 Å². The smallest absolute Gasteiger partial charge is 0.309 e. The Bertz CT molecular complexity index is 892. The third kappa shape index (κ3) is 5.27. The number of amides is 2. The standard InChI is InChI=1S/C24H30N4O2/c1-4-14-25-23(29)24(30)26-16-22(19-9-11-21(12-10-19)27(2)3)28-15-13-18-7-5-6-8-20(18)17-28/h4-12,22H,1,13-17H2,2-3H3,(H,25,29)(H,26,30)/t22-/m1/s1. The normalized spacial score (nSPS) is 14.3. The maximum absolute atomic E-state index is 12.2. The molecule has 1 aliphatic heterocycles. The van der Waals surface area contributed by atoms with E-state index in [2.05, 4.69) is 75.5 Å². The largest absolute Gasteiger partial charge is 0.378 e. The van der Waals surface area contributed by atoms with Crippen LogP contribution >= 0.6 is 0 Å². The number of carbonyl (C=O) groups excluding carboxylic acids is 2. The summed E-state index contributed by atoms with van der Waals surface area (Å²) in [4.78, 5) is 28.6. The fraction of sp³-hybridized carbons (Fsp3) is 0.333. The van der Waals surface area contributed by atoms with Gasteiger partial charge in [-0.3, -0.25) is 14.5 Å². The molecule has 0 saturated carbocycles. The first-order valence-electron chi connectivity index (χ1n) is 10.2. The number of nitrogens with zero attached hydrogens (tertiary/aromatic N) is 2. The summed E-state index contributed by atoms with van der Waals surface area (Å²) in [7, 11) is 4.02. The molecule has 2 amide bonds. The molecule has 0 bridgehead atoms. The molecule has 158 valence electrons. The van der Waals surface area contributed by atoms with E-state index < -0.39 is 11.8 Å². The van der Waals surface area contributed by atoms with Gasteiger partial charge in [0.1, 0.15) is 0 Å². The Morgan fingerprint density at radius 2 is 1.73 bits per heavy atom. The highest BCUT2D eigenvalue weighted by atomic mass is 16.2. The SMILES string of the molecule is C=CCNC(=O)C(=O)NC[C@H](c1ccc(N(C)C)cc1)N1CCc2ccccc2C1. The molecule has 2 aromatic rings. The maximum Gasteiger partial charge on any atom is 0.309 e. The zero-order valence-corrected chi connectivity index (χ0v) is 17.7. The Kier molecular flexibility index (Phi) is 7.25. The molecule has 0 unspecified atom stereocenters. The Morgan fingerprint density at radius 3 is 2.40 bits per heavy atom. The van der Waals surface area contributed by atoms with Crippen LogP contribution in [0.15, 0.2) is 61.2 Å². The fourth-order valence-electron chi connectivity index (χ4n) is 3.75. The third-order valence-corrected chi connectivity index (χ3v) is 5.46. The number of benzene rings is 2. The van der Waals surface area contributed by atoms with E-state index in [1.165, 1.54) is 11.1 Å². The van der Waals surface area contributed by atoms with Gasteiger partial charge in [-0.15, -0.1) is 6.58 Å². The molecule has 2 aromatic carbocycles. The van der Waals surface area contributed by atoms with Gasteiger partial charge >= 0.3 is 11.8 Å². The van der Waals surface area contributed by atoms with E-state index in [-0.39, 0.29) is 12.6 Å². The second-order valence-corrected chi connectivity index (χ2v) is 7.70. The molecule has 0 aliphatic carbocycles. The van der Waals surface area contributed by atoms with Crippen LogP contribution in [-0.4, -0.2) is 50.4 Å². The van der Waals surface area contributed by atoms with E-state index in [4.69, 9.17) is 0 Å². The van der Waals surface area contributed by atoms with Gasteiger partial charge in [-0.25, -0.2) is 0 Å². The number of anilines is 1. The van der Waals surface area contributed by atoms with Crippen molar-refractivity contribution in [1.29, 1.82) is 0 Å². The Morgan fingerprint density at radius 1 is 1.07 bits per heavy atom. The van der Waals surface area contributed by atoms with Crippen LogP contribution in [0.3, 0.4) is 0 Å². The van der Waals surface area contributed by atoms with E-state index in [1.54, 1.807) is 6.08 Å². The molecule has 1 aliphatic rings. The van der Waals surface area contributed by atoms with Crippen molar-refractivity contribution in [2.24, 2.45) is 0 Å². The van der Waals surface area contributed by atoms with Crippen LogP contribution in [0.4, 0.5) is 5.69 Å². The zero-order chi connectivity index (χ0) is 21.5. The minimum atomic E-state index is -0.638. The molecule has 0 spiro atoms. The molecular weight excluding hydrogens is 376 g/mol. The summed E-state index contributed by atoms with van der Waals surface area (Å²) in [5.41, 5.74) is 4.93. The van der Waals surface area contributed by atoms with Crippen molar-refractivity contribution in [3.8, 4) is 0 Å². The van der Waals surface area contributed by atoms with E-state index >= 15 is 0 Å². The maximum atomic E-state index is 12.2. The molecule has 6 heteroatoms. The highest BCUT2D eigenvalue weighted by Crippen LogP contribution is 2.28. The number of hydrogen-bond acceptors (Lipinski definition) is 4. The number of carbonyl (C=O) groups is 2. The average Bonchev–Trinajstić information content (AvgIpc) is 2.77. The number of rotatable bonds is 7. The summed E-state index contributed by atoms with van der Waals surface area (Å²) in [6.07, 6.45) is 2.52. The second-order valence-electron chi connectivity index (χ2n) is 7.70. The molecule has 1 atom stereocenters. The van der Waals surface area contributed by atoms with E-state index in [0.717, 1.165) is 30.8 Å². The topological polar surface area (TPSA) is 64.7 Å². The first-order chi connectivity index (χ1) is 14.5. The van der Waals surface area contributed by atoms with Gasteiger partial charge in [-0.1, -0.05) is 42.5 Å². The Balaban J connectivity index is 1.77. The van der Waals surface area contributed by atoms with Gasteiger partial charge in [0.25, 0.3) is 0 Å². The molecule has 0 saturated heterocycles. The summed E-state index contributed by atoms with van der Waals surface area (Å²) in [5, 5.41) is 5.33. The first kappa shape index (κ1) is 21.6. The van der Waals surface area contributed by atoms with Crippen LogP contribution in [0, 0.1) is 0 Å². The quantitative estimate of drug-likeness (QED) is 0.547. The third-order valence-electron chi connectivity index (χ3n) is 5.46. The second kappa shape index (κ2) is 10.1. The minimum absolute atomic E-state index is 0.0225. The van der Waals surface area contributed by atoms with Gasteiger partial charge in [-0.05, 0) is 35.2 Å². The molecular formula is C24H30N4O2. The van der Waals surface area contributed by atoms with Crippen molar-refractivity contribution in [3.63, 3.8) is 0 Å². The summed E-state index contributed by atoms with van der Waals surface area (Å²) in [5.74, 6) is -1.26. The lowest BCUT2D eigenvalue weighted by Gasteiger charge is -2.36. The molecule has 6 nitrogen and oxygen atoms in total. The summed E-state index contributed by atoms with van der Waals surface area (Å²) in [6.45, 7) is 5.89. The van der Waals surface area contributed by atoms with Crippen molar-refractivity contribution < 1.29 is 9.59 Å². The van der Waals surface area contributed by atoms with Crippen molar-refractivity contribution in [2.75, 3.05) is 38.6 Å². The lowest BCUT2D eigenvalue weighted by atomic mass is 9.96. The van der Waals surface area contributed by atoms with Crippen LogP contribution in [-0.2, 0) is 22.6 Å². The van der Waals surface area contributed by atoms with Crippen molar-refractivity contribution in [3.05, 3.63) is 77.9 Å². The molecule has 30 heavy (non-hydrogen) atoms. The fourth-order valence-corrected chi connectivity index (χ4v) is 3.75. The van der Waals surface area contributed by atoms with Crippen molar-refractivity contribution >= 4 is 17.5 Å². The van der Waals surface area contributed by atoms with Gasteiger partial charge < -0.3 is 15.5 Å². The van der Waals surface area contributed by atoms with E-state index in [1.807, 2.05) is 14.1 Å². The van der Waals surface area contributed by atoms with Crippen molar-refractivity contribution in [2.45, 2.75) is 19.0 Å². The zero-order valence-electron chi connectivity index (χ0n) is 17.7. The van der Waals surface area contributed by atoms with Crippen LogP contribution in [0.1, 0.15) is 22.7 Å². The van der Waals surface area contributed by atoms with Gasteiger partial charge in [-0.2, -0.15) is 0 Å². The molecule has 0 radical (unpaired) electrons. The first-order valence-corrected chi connectivity index (χ1v) is 10.2. The molecule has 0 aromatic heterocycles. The van der Waals surface area contributed by atoms with Crippen LogP contribution in [0.5, 0.6) is 0 Å². The highest BCUT2D eigenvalue weighted by Gasteiger charge is 2.26. The number of hydrogen-bond donors (Lipinski definition) is 2. The molecule has 1 heterocycles. The van der Waals surface area contributed by atoms with E-state index in [0.29, 0.717) is 6.54 Å². The minimum Gasteiger partial charge on any atom is -0.378 e. The summed E-state index contributed by atoms with van der Waals surface area (Å²) < 4.78 is 0. The summed E-state index contributed by atoms with van der Waals surface area (Å²) in [6, 6.07) is 16.8. The number of fused-ring (bicyclic) bond motifs is 1. The number of nitrogens with one attached hydrogen (secondary N) is 2. The molecule has 0 fully saturated rings. The van der Waals surface area contributed by atoms with Gasteiger partial charge in [0.15, 0.2) is 0 Å². The van der Waals surface area contributed by atoms with Crippen molar-refractivity contribution in [1.82, 2.24) is 15.5 Å². The van der Waals surface area contributed by atoms with Crippen LogP contribution in [0.2, 0.25) is 0 Å². The monoisotopic (exact) mass is 406 g/mol.